The number of piperazine rings is 1. The second-order valence-corrected chi connectivity index (χ2v) is 10.9. The summed E-state index contributed by atoms with van der Waals surface area (Å²) in [5, 5.41) is 3.86. The Hall–Kier alpha value is -3.13. The topological polar surface area (TPSA) is 122 Å². The molecule has 2 aromatic heterocycles. The number of halogens is 1. The molecule has 1 aromatic carbocycles. The number of nitrogens with zero attached hydrogens (tertiary/aromatic N) is 5. The lowest BCUT2D eigenvalue weighted by Gasteiger charge is -2.29. The Bertz CT molecular complexity index is 1390. The number of benzene rings is 1. The number of rotatable bonds is 7. The second-order valence-electron chi connectivity index (χ2n) is 9.11. The zero-order valence-electron chi connectivity index (χ0n) is 20.8. The van der Waals surface area contributed by atoms with Crippen LogP contribution in [0.2, 0.25) is 0 Å². The van der Waals surface area contributed by atoms with Gasteiger partial charge >= 0.3 is 0 Å². The van der Waals surface area contributed by atoms with E-state index in [1.165, 1.54) is 25.4 Å². The second kappa shape index (κ2) is 10.7. The lowest BCUT2D eigenvalue weighted by Crippen LogP contribution is -2.43. The molecule has 4 heterocycles. The van der Waals surface area contributed by atoms with Crippen molar-refractivity contribution >= 4 is 32.6 Å². The summed E-state index contributed by atoms with van der Waals surface area (Å²) in [4.78, 5) is 18.3. The first-order valence-corrected chi connectivity index (χ1v) is 14.0. The molecule has 5 rings (SSSR count). The van der Waals surface area contributed by atoms with E-state index in [2.05, 4.69) is 19.9 Å². The molecule has 2 fully saturated rings. The predicted molar refractivity (Wildman–Crippen MR) is 139 cm³/mol. The molecule has 0 saturated carbocycles. The maximum absolute atomic E-state index is 15.0. The van der Waals surface area contributed by atoms with Crippen LogP contribution < -0.4 is 19.7 Å². The maximum atomic E-state index is 15.0. The normalized spacial score (nSPS) is 17.2. The van der Waals surface area contributed by atoms with Crippen LogP contribution >= 0.6 is 0 Å². The van der Waals surface area contributed by atoms with Gasteiger partial charge in [-0.3, -0.25) is 9.62 Å². The Labute approximate surface area is 215 Å². The first-order valence-electron chi connectivity index (χ1n) is 12.1. The zero-order valence-corrected chi connectivity index (χ0v) is 21.6. The van der Waals surface area contributed by atoms with Gasteiger partial charge in [0, 0.05) is 63.0 Å². The molecule has 2 saturated heterocycles. The highest BCUT2D eigenvalue weighted by molar-refractivity contribution is 7.92. The van der Waals surface area contributed by atoms with Gasteiger partial charge in [0.25, 0.3) is 0 Å². The number of ether oxygens (including phenoxy) is 2. The molecular weight excluding hydrogens is 501 g/mol. The molecule has 2 N–H and O–H groups in total. The van der Waals surface area contributed by atoms with Crippen molar-refractivity contribution in [2.75, 3.05) is 75.5 Å². The van der Waals surface area contributed by atoms with Gasteiger partial charge in [-0.05, 0) is 23.8 Å². The summed E-state index contributed by atoms with van der Waals surface area (Å²) < 4.78 is 52.1. The number of morpholine rings is 1. The van der Waals surface area contributed by atoms with E-state index in [-0.39, 0.29) is 11.6 Å². The monoisotopic (exact) mass is 531 g/mol. The molecular formula is C24H30FN7O4S. The lowest BCUT2D eigenvalue weighted by atomic mass is 10.0. The summed E-state index contributed by atoms with van der Waals surface area (Å²) in [6, 6.07) is 4.55. The standard InChI is InChI=1S/C24H30FN7O4S/c1-35-23-20(30-37(2,33)34)12-16(14-27-23)21-19-13-18(25)11-17(15-31-5-3-26-4-6-31)22(19)29-24(28-21)32-7-9-36-10-8-32/h11-14,26,30H,3-10,15H2,1-2H3. The van der Waals surface area contributed by atoms with Crippen LogP contribution in [0.25, 0.3) is 22.2 Å². The minimum Gasteiger partial charge on any atom is -0.480 e. The van der Waals surface area contributed by atoms with E-state index in [0.717, 1.165) is 38.0 Å². The van der Waals surface area contributed by atoms with Gasteiger partial charge in [0.05, 0.1) is 37.8 Å². The average Bonchev–Trinajstić information content (AvgIpc) is 2.88. The number of fused-ring (bicyclic) bond motifs is 1. The van der Waals surface area contributed by atoms with Gasteiger partial charge in [-0.2, -0.15) is 0 Å². The molecule has 3 aromatic rings. The highest BCUT2D eigenvalue weighted by Crippen LogP contribution is 2.34. The van der Waals surface area contributed by atoms with E-state index in [1.54, 1.807) is 6.07 Å². The van der Waals surface area contributed by atoms with Crippen molar-refractivity contribution < 1.29 is 22.3 Å². The van der Waals surface area contributed by atoms with Crippen molar-refractivity contribution in [3.63, 3.8) is 0 Å². The first-order chi connectivity index (χ1) is 17.8. The van der Waals surface area contributed by atoms with E-state index >= 15 is 0 Å². The SMILES string of the molecule is COc1ncc(-c2nc(N3CCOCC3)nc3c(CN4CCNCC4)cc(F)cc23)cc1NS(C)(=O)=O. The van der Waals surface area contributed by atoms with Gasteiger partial charge in [0.15, 0.2) is 0 Å². The third kappa shape index (κ3) is 5.90. The van der Waals surface area contributed by atoms with E-state index in [4.69, 9.17) is 19.4 Å². The molecule has 0 atom stereocenters. The summed E-state index contributed by atoms with van der Waals surface area (Å²) in [6.07, 6.45) is 2.59. The van der Waals surface area contributed by atoms with Crippen molar-refractivity contribution in [1.82, 2.24) is 25.2 Å². The summed E-state index contributed by atoms with van der Waals surface area (Å²) in [7, 11) is -2.20. The number of aromatic nitrogens is 3. The Morgan fingerprint density at radius 2 is 1.89 bits per heavy atom. The van der Waals surface area contributed by atoms with Gasteiger partial charge in [0.1, 0.15) is 11.5 Å². The van der Waals surface area contributed by atoms with Crippen molar-refractivity contribution in [2.45, 2.75) is 6.54 Å². The van der Waals surface area contributed by atoms with Crippen LogP contribution in [0.15, 0.2) is 24.4 Å². The van der Waals surface area contributed by atoms with Crippen LogP contribution in [0.5, 0.6) is 5.88 Å². The fourth-order valence-electron chi connectivity index (χ4n) is 4.63. The molecule has 2 aliphatic heterocycles. The summed E-state index contributed by atoms with van der Waals surface area (Å²) >= 11 is 0. The third-order valence-corrected chi connectivity index (χ3v) is 6.93. The quantitative estimate of drug-likeness (QED) is 0.463. The van der Waals surface area contributed by atoms with Crippen molar-refractivity contribution in [1.29, 1.82) is 0 Å². The number of methoxy groups -OCH3 is 1. The highest BCUT2D eigenvalue weighted by atomic mass is 32.2. The molecule has 0 aliphatic carbocycles. The van der Waals surface area contributed by atoms with Gasteiger partial charge in [-0.1, -0.05) is 0 Å². The smallest absolute Gasteiger partial charge is 0.238 e. The zero-order chi connectivity index (χ0) is 26.0. The molecule has 2 aliphatic rings. The van der Waals surface area contributed by atoms with Gasteiger partial charge in [-0.15, -0.1) is 0 Å². The molecule has 0 bridgehead atoms. The molecule has 37 heavy (non-hydrogen) atoms. The van der Waals surface area contributed by atoms with Crippen molar-refractivity contribution in [2.24, 2.45) is 0 Å². The van der Waals surface area contributed by atoms with Gasteiger partial charge in [0.2, 0.25) is 21.9 Å². The molecule has 0 spiro atoms. The molecule has 0 unspecified atom stereocenters. The summed E-state index contributed by atoms with van der Waals surface area (Å²) in [5.74, 6) is 0.233. The Kier molecular flexibility index (Phi) is 7.38. The van der Waals surface area contributed by atoms with Crippen molar-refractivity contribution in [3.8, 4) is 17.1 Å². The third-order valence-electron chi connectivity index (χ3n) is 6.34. The van der Waals surface area contributed by atoms with Crippen LogP contribution in [0.3, 0.4) is 0 Å². The van der Waals surface area contributed by atoms with Gasteiger partial charge < -0.3 is 19.7 Å². The first kappa shape index (κ1) is 25.5. The Morgan fingerprint density at radius 3 is 2.59 bits per heavy atom. The number of nitrogens with one attached hydrogen (secondary N) is 2. The number of pyridine rings is 1. The van der Waals surface area contributed by atoms with Crippen LogP contribution in [0, 0.1) is 5.82 Å². The fourth-order valence-corrected chi connectivity index (χ4v) is 5.17. The molecule has 11 nitrogen and oxygen atoms in total. The van der Waals surface area contributed by atoms with Crippen LogP contribution in [-0.2, 0) is 21.3 Å². The molecule has 198 valence electrons. The minimum atomic E-state index is -3.60. The van der Waals surface area contributed by atoms with E-state index in [0.29, 0.717) is 61.0 Å². The Morgan fingerprint density at radius 1 is 1.14 bits per heavy atom. The van der Waals surface area contributed by atoms with Gasteiger partial charge in [-0.25, -0.2) is 27.8 Å². The van der Waals surface area contributed by atoms with E-state index in [9.17, 15) is 12.8 Å². The highest BCUT2D eigenvalue weighted by Gasteiger charge is 2.22. The number of hydrogen-bond acceptors (Lipinski definition) is 10. The Balaban J connectivity index is 1.68. The maximum Gasteiger partial charge on any atom is 0.238 e. The van der Waals surface area contributed by atoms with E-state index < -0.39 is 15.8 Å². The van der Waals surface area contributed by atoms with Crippen molar-refractivity contribution in [3.05, 3.63) is 35.8 Å². The summed E-state index contributed by atoms with van der Waals surface area (Å²) in [6.45, 7) is 6.38. The summed E-state index contributed by atoms with van der Waals surface area (Å²) in [5.41, 5.74) is 2.55. The fraction of sp³-hybridized carbons (Fsp3) is 0.458. The largest absolute Gasteiger partial charge is 0.480 e. The lowest BCUT2D eigenvalue weighted by molar-refractivity contribution is 0.122. The minimum absolute atomic E-state index is 0.117. The number of hydrogen-bond donors (Lipinski definition) is 2. The average molecular weight is 532 g/mol. The molecule has 13 heteroatoms. The molecule has 0 amide bonds. The predicted octanol–water partition coefficient (Wildman–Crippen LogP) is 1.45. The van der Waals surface area contributed by atoms with Crippen LogP contribution in [0.1, 0.15) is 5.56 Å². The van der Waals surface area contributed by atoms with Crippen LogP contribution in [0.4, 0.5) is 16.0 Å². The number of anilines is 2. The molecule has 0 radical (unpaired) electrons. The number of sulfonamides is 1. The van der Waals surface area contributed by atoms with Crippen LogP contribution in [-0.4, -0.2) is 94.1 Å². The van der Waals surface area contributed by atoms with E-state index in [1.807, 2.05) is 4.90 Å².